The number of aromatic amines is 2. The van der Waals surface area contributed by atoms with E-state index in [1.165, 1.54) is 0 Å². The molecule has 3 N–H and O–H groups in total. The lowest BCUT2D eigenvalue weighted by Gasteiger charge is -2.16. The number of unbranched alkanes of at least 4 members (excludes halogenated alkanes) is 2. The van der Waals surface area contributed by atoms with E-state index in [-0.39, 0.29) is 5.91 Å². The number of benzene rings is 3. The minimum atomic E-state index is 0.0449. The Bertz CT molecular complexity index is 1800. The lowest BCUT2D eigenvalue weighted by molar-refractivity contribution is -0.121. The minimum Gasteiger partial charge on any atom is -0.494 e. The molecule has 0 fully saturated rings. The molecule has 3 aromatic carbocycles. The number of nitrogens with one attached hydrogen (secondary N) is 3. The van der Waals surface area contributed by atoms with Gasteiger partial charge in [0.15, 0.2) is 0 Å². The molecule has 0 saturated carbocycles. The fourth-order valence-corrected chi connectivity index (χ4v) is 5.40. The van der Waals surface area contributed by atoms with Crippen molar-refractivity contribution in [2.75, 3.05) is 60.5 Å². The van der Waals surface area contributed by atoms with E-state index in [2.05, 4.69) is 52.1 Å². The summed E-state index contributed by atoms with van der Waals surface area (Å²) in [6, 6.07) is 20.0. The third kappa shape index (κ3) is 10.1. The van der Waals surface area contributed by atoms with Crippen LogP contribution in [0.4, 0.5) is 0 Å². The molecule has 0 spiro atoms. The van der Waals surface area contributed by atoms with Crippen LogP contribution in [-0.4, -0.2) is 96.2 Å². The lowest BCUT2D eigenvalue weighted by atomic mass is 10.1. The molecule has 2 aromatic heterocycles. The van der Waals surface area contributed by atoms with Crippen molar-refractivity contribution >= 4 is 28.0 Å². The normalized spacial score (nSPS) is 11.4. The average molecular weight is 650 g/mol. The van der Waals surface area contributed by atoms with Gasteiger partial charge in [-0.05, 0) is 77.6 Å². The first kappa shape index (κ1) is 34.5. The number of rotatable bonds is 19. The fraction of sp³-hybridized carbons (Fsp3) is 0.395. The Morgan fingerprint density at radius 3 is 1.92 bits per heavy atom. The molecule has 0 saturated heterocycles. The maximum atomic E-state index is 12.2. The van der Waals surface area contributed by atoms with Gasteiger partial charge in [-0.3, -0.25) is 4.79 Å². The van der Waals surface area contributed by atoms with Gasteiger partial charge in [0.25, 0.3) is 0 Å². The number of amides is 1. The van der Waals surface area contributed by atoms with Crippen molar-refractivity contribution < 1.29 is 14.3 Å². The third-order valence-corrected chi connectivity index (χ3v) is 8.10. The molecule has 0 aliphatic carbocycles. The van der Waals surface area contributed by atoms with E-state index in [1.807, 2.05) is 60.7 Å². The van der Waals surface area contributed by atoms with E-state index in [4.69, 9.17) is 25.9 Å². The van der Waals surface area contributed by atoms with Gasteiger partial charge in [-0.1, -0.05) is 24.3 Å². The summed E-state index contributed by atoms with van der Waals surface area (Å²) < 4.78 is 11.9. The zero-order valence-corrected chi connectivity index (χ0v) is 28.3. The summed E-state index contributed by atoms with van der Waals surface area (Å²) in [5.74, 6) is 5.86. The summed E-state index contributed by atoms with van der Waals surface area (Å²) >= 11 is 0. The van der Waals surface area contributed by atoms with Gasteiger partial charge < -0.3 is 34.6 Å². The maximum Gasteiger partial charge on any atom is 0.220 e. The fourth-order valence-electron chi connectivity index (χ4n) is 5.40. The van der Waals surface area contributed by atoms with E-state index in [1.54, 1.807) is 0 Å². The second kappa shape index (κ2) is 17.3. The van der Waals surface area contributed by atoms with E-state index in [9.17, 15) is 4.79 Å². The second-order valence-corrected chi connectivity index (χ2v) is 12.4. The quantitative estimate of drug-likeness (QED) is 0.0731. The highest BCUT2D eigenvalue weighted by Crippen LogP contribution is 2.28. The molecule has 0 radical (unpaired) electrons. The summed E-state index contributed by atoms with van der Waals surface area (Å²) in [4.78, 5) is 33.0. The van der Waals surface area contributed by atoms with Crippen LogP contribution < -0.4 is 14.8 Å². The van der Waals surface area contributed by atoms with Gasteiger partial charge in [0.2, 0.25) is 5.91 Å². The number of fused-ring (bicyclic) bond motifs is 2. The topological polar surface area (TPSA) is 111 Å². The van der Waals surface area contributed by atoms with Crippen molar-refractivity contribution in [3.05, 3.63) is 60.7 Å². The molecule has 1 amide bonds. The number of terminal acetylenes is 1. The highest BCUT2D eigenvalue weighted by atomic mass is 16.5. The van der Waals surface area contributed by atoms with Crippen molar-refractivity contribution in [3.8, 4) is 46.6 Å². The molecule has 5 rings (SSSR count). The van der Waals surface area contributed by atoms with E-state index in [0.29, 0.717) is 32.6 Å². The van der Waals surface area contributed by atoms with Gasteiger partial charge in [0, 0.05) is 55.7 Å². The van der Waals surface area contributed by atoms with Crippen LogP contribution in [0.1, 0.15) is 38.5 Å². The molecule has 48 heavy (non-hydrogen) atoms. The molecular formula is C38H47N7O3. The first-order valence-corrected chi connectivity index (χ1v) is 16.8. The van der Waals surface area contributed by atoms with Crippen LogP contribution >= 0.6 is 0 Å². The van der Waals surface area contributed by atoms with Crippen molar-refractivity contribution in [1.82, 2.24) is 35.1 Å². The predicted molar refractivity (Wildman–Crippen MR) is 193 cm³/mol. The molecular weight excluding hydrogens is 602 g/mol. The Balaban J connectivity index is 1.08. The molecule has 10 heteroatoms. The van der Waals surface area contributed by atoms with E-state index >= 15 is 0 Å². The number of ether oxygens (including phenoxy) is 2. The largest absolute Gasteiger partial charge is 0.494 e. The first-order chi connectivity index (χ1) is 23.4. The number of aromatic nitrogens is 4. The molecule has 5 aromatic rings. The number of likely N-dealkylation sites (N-methyl/N-ethyl adjacent to an activating group) is 1. The van der Waals surface area contributed by atoms with Crippen molar-refractivity contribution in [3.63, 3.8) is 0 Å². The smallest absolute Gasteiger partial charge is 0.220 e. The Morgan fingerprint density at radius 1 is 0.771 bits per heavy atom. The Labute approximate surface area is 283 Å². The van der Waals surface area contributed by atoms with Crippen LogP contribution in [0.3, 0.4) is 0 Å². The third-order valence-electron chi connectivity index (χ3n) is 8.10. The number of hydrogen-bond acceptors (Lipinski definition) is 7. The number of carbonyl (C=O) groups is 1. The SMILES string of the molecule is C#CCCCCN(C)CCNC(=O)CCCOc1ccc2[nH]c(-c3ccc(-c4nc5cc(OCCCN(C)C)ccc5[nH]4)cc3)nc2c1. The molecule has 0 aliphatic rings. The predicted octanol–water partition coefficient (Wildman–Crippen LogP) is 6.11. The van der Waals surface area contributed by atoms with E-state index in [0.717, 1.165) is 102 Å². The van der Waals surface area contributed by atoms with Gasteiger partial charge in [-0.2, -0.15) is 0 Å². The average Bonchev–Trinajstić information content (AvgIpc) is 3.71. The van der Waals surface area contributed by atoms with Gasteiger partial charge in [0.1, 0.15) is 23.1 Å². The summed E-state index contributed by atoms with van der Waals surface area (Å²) in [5.41, 5.74) is 5.56. The van der Waals surface area contributed by atoms with Crippen LogP contribution in [0, 0.1) is 12.3 Å². The van der Waals surface area contributed by atoms with Crippen molar-refractivity contribution in [2.24, 2.45) is 0 Å². The molecule has 0 atom stereocenters. The molecule has 0 unspecified atom stereocenters. The lowest BCUT2D eigenvalue weighted by Crippen LogP contribution is -2.33. The van der Waals surface area contributed by atoms with Crippen LogP contribution in [0.2, 0.25) is 0 Å². The minimum absolute atomic E-state index is 0.0449. The van der Waals surface area contributed by atoms with Gasteiger partial charge in [0.05, 0.1) is 35.3 Å². The number of H-pyrrole nitrogens is 2. The summed E-state index contributed by atoms with van der Waals surface area (Å²) in [5, 5.41) is 2.99. The maximum absolute atomic E-state index is 12.2. The number of hydrogen-bond donors (Lipinski definition) is 3. The standard InChI is InChI=1S/C38H47N7O3/c1-5-6-7-8-22-45(4)23-20-39-36(46)11-9-24-47-30-16-18-32-34(26-30)42-37(40-32)28-12-14-29(15-13-28)38-41-33-19-17-31(27-35(33)43-38)48-25-10-21-44(2)3/h1,12-19,26-27H,6-11,20-25H2,2-4H3,(H,39,46)(H,40,42)(H,41,43). The number of nitrogens with zero attached hydrogens (tertiary/aromatic N) is 4. The Kier molecular flexibility index (Phi) is 12.5. The zero-order valence-electron chi connectivity index (χ0n) is 28.3. The summed E-state index contributed by atoms with van der Waals surface area (Å²) in [6.07, 6.45) is 10.3. The monoisotopic (exact) mass is 649 g/mol. The molecule has 10 nitrogen and oxygen atoms in total. The van der Waals surface area contributed by atoms with Gasteiger partial charge >= 0.3 is 0 Å². The summed E-state index contributed by atoms with van der Waals surface area (Å²) in [7, 11) is 6.19. The molecule has 0 aliphatic heterocycles. The summed E-state index contributed by atoms with van der Waals surface area (Å²) in [6.45, 7) is 4.57. The molecule has 252 valence electrons. The first-order valence-electron chi connectivity index (χ1n) is 16.8. The van der Waals surface area contributed by atoms with Gasteiger partial charge in [-0.15, -0.1) is 12.3 Å². The van der Waals surface area contributed by atoms with E-state index < -0.39 is 0 Å². The number of carbonyl (C=O) groups excluding carboxylic acids is 1. The van der Waals surface area contributed by atoms with Crippen molar-refractivity contribution in [2.45, 2.75) is 38.5 Å². The Hall–Kier alpha value is -4.85. The second-order valence-electron chi connectivity index (χ2n) is 12.4. The molecule has 0 bridgehead atoms. The van der Waals surface area contributed by atoms with Crippen molar-refractivity contribution in [1.29, 1.82) is 0 Å². The zero-order chi connectivity index (χ0) is 33.7. The van der Waals surface area contributed by atoms with Crippen LogP contribution in [0.15, 0.2) is 60.7 Å². The van der Waals surface area contributed by atoms with Crippen LogP contribution in [-0.2, 0) is 4.79 Å². The Morgan fingerprint density at radius 2 is 1.35 bits per heavy atom. The van der Waals surface area contributed by atoms with Crippen LogP contribution in [0.5, 0.6) is 11.5 Å². The molecule has 2 heterocycles. The number of imidazole rings is 2. The highest BCUT2D eigenvalue weighted by molar-refractivity contribution is 5.83. The van der Waals surface area contributed by atoms with Crippen LogP contribution in [0.25, 0.3) is 44.8 Å². The van der Waals surface area contributed by atoms with Gasteiger partial charge in [-0.25, -0.2) is 9.97 Å². The highest BCUT2D eigenvalue weighted by Gasteiger charge is 2.11.